The Hall–Kier alpha value is -4.53. The molecule has 286 valence electrons. The summed E-state index contributed by atoms with van der Waals surface area (Å²) in [5.74, 6) is 0. The minimum absolute atomic E-state index is 0.135. The monoisotopic (exact) mass is 809 g/mol. The van der Waals surface area contributed by atoms with E-state index >= 15 is 0 Å². The lowest BCUT2D eigenvalue weighted by molar-refractivity contribution is -0.144. The van der Waals surface area contributed by atoms with Gasteiger partial charge in [0.25, 0.3) is 0 Å². The molecule has 0 nitrogen and oxygen atoms in total. The third-order valence-corrected chi connectivity index (χ3v) is 14.0. The van der Waals surface area contributed by atoms with E-state index < -0.39 is 79.1 Å². The maximum Gasteiger partial charge on any atom is 0.416 e. The summed E-state index contributed by atoms with van der Waals surface area (Å²) in [4.78, 5) is 0. The second-order valence-corrected chi connectivity index (χ2v) is 17.3. The van der Waals surface area contributed by atoms with Gasteiger partial charge in [0.15, 0.2) is 0 Å². The lowest BCUT2D eigenvalue weighted by atomic mass is 10.0. The molecule has 0 spiro atoms. The average molecular weight is 810 g/mol. The Balaban J connectivity index is 1.54. The first-order valence-corrected chi connectivity index (χ1v) is 19.1. The molecule has 0 heterocycles. The normalized spacial score (nSPS) is 17.1. The van der Waals surface area contributed by atoms with E-state index in [9.17, 15) is 52.7 Å². The number of alkyl halides is 12. The predicted octanol–water partition coefficient (Wildman–Crippen LogP) is 12.2. The van der Waals surface area contributed by atoms with E-state index in [1.165, 1.54) is 13.0 Å². The van der Waals surface area contributed by atoms with Gasteiger partial charge in [0.2, 0.25) is 0 Å². The van der Waals surface area contributed by atoms with Crippen LogP contribution < -0.4 is 21.2 Å². The topological polar surface area (TPSA) is 0 Å². The van der Waals surface area contributed by atoms with Crippen LogP contribution in [0.5, 0.6) is 0 Å². The van der Waals surface area contributed by atoms with Crippen molar-refractivity contribution in [1.29, 1.82) is 0 Å². The van der Waals surface area contributed by atoms with E-state index in [0.717, 1.165) is 21.8 Å². The van der Waals surface area contributed by atoms with Gasteiger partial charge in [0, 0.05) is 5.66 Å². The van der Waals surface area contributed by atoms with Gasteiger partial charge < -0.3 is 0 Å². The number of allylic oxidation sites excluding steroid dienone is 10. The van der Waals surface area contributed by atoms with Crippen molar-refractivity contribution in [2.24, 2.45) is 0 Å². The standard InChI is InChI=1S/C41H27F12P2/c1-25(26-16-17-27(18-26)36-14-8-9-15-37(36)55(32-10-4-2-5-11-32)33-12-6-3-7-13-33)54(34-21-28(38(42,43)44)19-29(22-34)39(45,46)47)35-23-30(40(48,49)50)20-31(24-35)41(51,52)53/h2-25H,1H3/q-1/b36-27+/t25-/m1/s1. The molecule has 0 radical (unpaired) electrons. The first-order chi connectivity index (χ1) is 25.7. The highest BCUT2D eigenvalue weighted by atomic mass is 31.1. The van der Waals surface area contributed by atoms with Gasteiger partial charge in [-0.25, -0.2) is 0 Å². The summed E-state index contributed by atoms with van der Waals surface area (Å²) in [5.41, 5.74) is -5.62. The lowest BCUT2D eigenvalue weighted by Gasteiger charge is -2.36. The van der Waals surface area contributed by atoms with Crippen LogP contribution in [0.2, 0.25) is 0 Å². The molecule has 2 aliphatic carbocycles. The number of rotatable bonds is 7. The summed E-state index contributed by atoms with van der Waals surface area (Å²) in [7, 11) is -3.95. The molecule has 55 heavy (non-hydrogen) atoms. The van der Waals surface area contributed by atoms with Crippen LogP contribution in [0, 0.1) is 5.66 Å². The lowest BCUT2D eigenvalue weighted by Crippen LogP contribution is -2.26. The second kappa shape index (κ2) is 15.2. The van der Waals surface area contributed by atoms with Crippen LogP contribution in [-0.2, 0) is 24.7 Å². The van der Waals surface area contributed by atoms with Gasteiger partial charge in [-0.1, -0.05) is 105 Å². The van der Waals surface area contributed by atoms with Crippen molar-refractivity contribution in [3.05, 3.63) is 184 Å². The maximum atomic E-state index is 14.0. The third kappa shape index (κ3) is 8.97. The van der Waals surface area contributed by atoms with Crippen molar-refractivity contribution in [1.82, 2.24) is 0 Å². The average Bonchev–Trinajstić information content (AvgIpc) is 3.62. The fourth-order valence-electron chi connectivity index (χ4n) is 6.28. The molecular weight excluding hydrogens is 782 g/mol. The van der Waals surface area contributed by atoms with Crippen molar-refractivity contribution >= 4 is 37.1 Å². The smallest absolute Gasteiger partial charge is 0.166 e. The van der Waals surface area contributed by atoms with Crippen molar-refractivity contribution in [2.45, 2.75) is 37.3 Å². The molecule has 0 N–H and O–H groups in total. The van der Waals surface area contributed by atoms with Gasteiger partial charge in [0.05, 0.1) is 22.3 Å². The van der Waals surface area contributed by atoms with Crippen molar-refractivity contribution in [3.63, 3.8) is 0 Å². The van der Waals surface area contributed by atoms with Gasteiger partial charge in [-0.2, -0.15) is 52.7 Å². The minimum atomic E-state index is -5.32. The Bertz CT molecular complexity index is 2010. The first-order valence-electron chi connectivity index (χ1n) is 16.4. The van der Waals surface area contributed by atoms with Gasteiger partial charge in [-0.15, -0.1) is 29.9 Å². The highest BCUT2D eigenvalue weighted by Gasteiger charge is 2.41. The van der Waals surface area contributed by atoms with Crippen molar-refractivity contribution in [3.8, 4) is 0 Å². The molecule has 0 unspecified atom stereocenters. The fraction of sp³-hybridized carbons (Fsp3) is 0.146. The van der Waals surface area contributed by atoms with Gasteiger partial charge >= 0.3 is 24.7 Å². The van der Waals surface area contributed by atoms with Crippen LogP contribution in [0.4, 0.5) is 52.7 Å². The summed E-state index contributed by atoms with van der Waals surface area (Å²) < 4.78 is 169. The maximum absolute atomic E-state index is 14.0. The van der Waals surface area contributed by atoms with Gasteiger partial charge in [-0.3, -0.25) is 0 Å². The van der Waals surface area contributed by atoms with E-state index in [0.29, 0.717) is 29.8 Å². The molecule has 4 aromatic carbocycles. The van der Waals surface area contributed by atoms with E-state index in [4.69, 9.17) is 0 Å². The zero-order valence-corrected chi connectivity index (χ0v) is 30.1. The van der Waals surface area contributed by atoms with Gasteiger partial charge in [-0.05, 0) is 71.1 Å². The van der Waals surface area contributed by atoms with Crippen molar-refractivity contribution in [2.75, 3.05) is 0 Å². The Morgan fingerprint density at radius 1 is 0.491 bits per heavy atom. The molecule has 14 heteroatoms. The summed E-state index contributed by atoms with van der Waals surface area (Å²) in [6.45, 7) is 1.37. The molecule has 0 saturated heterocycles. The highest BCUT2D eigenvalue weighted by Crippen LogP contribution is 2.54. The zero-order valence-electron chi connectivity index (χ0n) is 28.3. The predicted molar refractivity (Wildman–Crippen MR) is 193 cm³/mol. The summed E-state index contributed by atoms with van der Waals surface area (Å²) in [5, 5.41) is 0.624. The molecule has 4 aromatic rings. The Labute approximate surface area is 310 Å². The molecule has 2 aliphatic rings. The molecule has 0 aromatic heterocycles. The van der Waals surface area contributed by atoms with Crippen LogP contribution >= 0.6 is 15.8 Å². The Morgan fingerprint density at radius 3 is 1.31 bits per heavy atom. The van der Waals surface area contributed by atoms with Crippen LogP contribution in [-0.4, -0.2) is 5.66 Å². The zero-order chi connectivity index (χ0) is 39.9. The summed E-state index contributed by atoms with van der Waals surface area (Å²) in [6, 6.07) is 20.5. The summed E-state index contributed by atoms with van der Waals surface area (Å²) >= 11 is 0. The van der Waals surface area contributed by atoms with Crippen LogP contribution in [0.1, 0.15) is 29.2 Å². The molecule has 0 bridgehead atoms. The fourth-order valence-corrected chi connectivity index (χ4v) is 11.5. The molecule has 0 saturated carbocycles. The number of benzene rings is 4. The molecule has 0 fully saturated rings. The number of hydrogen-bond donors (Lipinski definition) is 0. The van der Waals surface area contributed by atoms with Crippen LogP contribution in [0.3, 0.4) is 0 Å². The molecule has 1 atom stereocenters. The highest BCUT2D eigenvalue weighted by molar-refractivity contribution is 7.76. The molecular formula is C41H27F12P2-. The molecule has 0 amide bonds. The number of hydrogen-bond acceptors (Lipinski definition) is 0. The Morgan fingerprint density at radius 2 is 0.909 bits per heavy atom. The van der Waals surface area contributed by atoms with Gasteiger partial charge in [0.1, 0.15) is 0 Å². The van der Waals surface area contributed by atoms with E-state index in [-0.39, 0.29) is 17.7 Å². The minimum Gasteiger partial charge on any atom is -0.166 e. The van der Waals surface area contributed by atoms with E-state index in [1.807, 2.05) is 78.9 Å². The Kier molecular flexibility index (Phi) is 11.1. The molecule has 6 rings (SSSR count). The second-order valence-electron chi connectivity index (χ2n) is 12.5. The first kappa shape index (κ1) is 40.1. The van der Waals surface area contributed by atoms with Crippen LogP contribution in [0.25, 0.3) is 0 Å². The number of halogens is 12. The van der Waals surface area contributed by atoms with Crippen molar-refractivity contribution < 1.29 is 52.7 Å². The van der Waals surface area contributed by atoms with E-state index in [2.05, 4.69) is 0 Å². The largest absolute Gasteiger partial charge is 0.416 e. The third-order valence-electron chi connectivity index (χ3n) is 8.83. The molecule has 0 aliphatic heterocycles. The summed E-state index contributed by atoms with van der Waals surface area (Å²) in [6.07, 6.45) is -9.04. The van der Waals surface area contributed by atoms with E-state index in [1.54, 1.807) is 18.2 Å². The SMILES string of the molecule is C[C@H](C1=C/C(=C2\C=CC=C[C-]2P(c2ccccc2)c2ccccc2)C=C1)P(c1cc(C(F)(F)F)cc(C(F)(F)F)c1)c1cc(C(F)(F)F)cc(C(F)(F)F)c1. The van der Waals surface area contributed by atoms with Crippen LogP contribution in [0.15, 0.2) is 156 Å². The quantitative estimate of drug-likeness (QED) is 0.0991.